The molecule has 1 fully saturated rings. The summed E-state index contributed by atoms with van der Waals surface area (Å²) in [5, 5.41) is 0. The molecule has 0 spiro atoms. The van der Waals surface area contributed by atoms with Gasteiger partial charge < -0.3 is 0 Å². The molecule has 2 atom stereocenters. The second-order valence-electron chi connectivity index (χ2n) is 2.97. The van der Waals surface area contributed by atoms with Crippen molar-refractivity contribution in [1.82, 2.24) is 0 Å². The number of hydrogen-bond acceptors (Lipinski definition) is 2. The number of halogens is 1. The van der Waals surface area contributed by atoms with E-state index >= 15 is 0 Å². The summed E-state index contributed by atoms with van der Waals surface area (Å²) in [7, 11) is 0. The zero-order valence-corrected chi connectivity index (χ0v) is 6.42. The molecule has 62 valence electrons. The van der Waals surface area contributed by atoms with Crippen molar-refractivity contribution in [2.24, 2.45) is 10.9 Å². The second-order valence-corrected chi connectivity index (χ2v) is 2.97. The molecule has 3 heteroatoms. The van der Waals surface area contributed by atoms with Crippen LogP contribution in [-0.2, 0) is 4.79 Å². The Morgan fingerprint density at radius 1 is 1.55 bits per heavy atom. The molecule has 2 unspecified atom stereocenters. The zero-order valence-electron chi connectivity index (χ0n) is 6.42. The molecule has 11 heavy (non-hydrogen) atoms. The molecule has 0 aromatic heterocycles. The largest absolute Gasteiger partial charge is 0.247 e. The van der Waals surface area contributed by atoms with Gasteiger partial charge in [-0.15, -0.1) is 0 Å². The molecule has 0 amide bonds. The van der Waals surface area contributed by atoms with Crippen LogP contribution >= 0.6 is 0 Å². The Kier molecular flexibility index (Phi) is 3.24. The monoisotopic (exact) mass is 157 g/mol. The molecule has 0 heterocycles. The van der Waals surface area contributed by atoms with Crippen LogP contribution in [0.15, 0.2) is 4.99 Å². The van der Waals surface area contributed by atoms with Gasteiger partial charge in [0.2, 0.25) is 6.08 Å². The van der Waals surface area contributed by atoms with Gasteiger partial charge in [-0.1, -0.05) is 6.42 Å². The van der Waals surface area contributed by atoms with Crippen LogP contribution in [0.4, 0.5) is 4.39 Å². The third kappa shape index (κ3) is 2.43. The first-order valence-electron chi connectivity index (χ1n) is 4.02. The Bertz CT molecular complexity index is 165. The molecule has 1 saturated carbocycles. The van der Waals surface area contributed by atoms with Gasteiger partial charge in [0.25, 0.3) is 0 Å². The fraction of sp³-hybridized carbons (Fsp3) is 0.875. The summed E-state index contributed by atoms with van der Waals surface area (Å²) < 4.78 is 12.9. The van der Waals surface area contributed by atoms with Crippen molar-refractivity contribution in [1.29, 1.82) is 0 Å². The standard InChI is InChI=1S/C8H12FNO/c9-8-3-1-2-7(8)4-5-10-6-11/h7-8H,1-5H2. The lowest BCUT2D eigenvalue weighted by atomic mass is 10.0. The SMILES string of the molecule is O=C=NCCC1CCCC1F. The molecule has 0 saturated heterocycles. The molecular formula is C8H12FNO. The number of alkyl halides is 1. The fourth-order valence-corrected chi connectivity index (χ4v) is 1.59. The van der Waals surface area contributed by atoms with Gasteiger partial charge in [-0.25, -0.2) is 14.2 Å². The van der Waals surface area contributed by atoms with Crippen molar-refractivity contribution in [3.05, 3.63) is 0 Å². The summed E-state index contributed by atoms with van der Waals surface area (Å²) in [6.45, 7) is 0.439. The third-order valence-corrected chi connectivity index (χ3v) is 2.24. The predicted molar refractivity (Wildman–Crippen MR) is 39.8 cm³/mol. The normalized spacial score (nSPS) is 29.9. The minimum Gasteiger partial charge on any atom is -0.247 e. The maximum absolute atomic E-state index is 12.9. The van der Waals surface area contributed by atoms with E-state index in [1.807, 2.05) is 0 Å². The van der Waals surface area contributed by atoms with Crippen LogP contribution in [0.25, 0.3) is 0 Å². The Hall–Kier alpha value is -0.690. The molecule has 1 aliphatic rings. The molecule has 0 aliphatic heterocycles. The van der Waals surface area contributed by atoms with Crippen molar-refractivity contribution in [3.63, 3.8) is 0 Å². The minimum absolute atomic E-state index is 0.145. The van der Waals surface area contributed by atoms with Crippen molar-refractivity contribution >= 4 is 6.08 Å². The van der Waals surface area contributed by atoms with Gasteiger partial charge in [0, 0.05) is 0 Å². The highest BCUT2D eigenvalue weighted by molar-refractivity contribution is 5.32. The van der Waals surface area contributed by atoms with Crippen molar-refractivity contribution in [2.45, 2.75) is 31.9 Å². The molecular weight excluding hydrogens is 145 g/mol. The van der Waals surface area contributed by atoms with Gasteiger partial charge in [-0.2, -0.15) is 0 Å². The molecule has 2 nitrogen and oxygen atoms in total. The van der Waals surface area contributed by atoms with Gasteiger partial charge in [0.1, 0.15) is 6.17 Å². The maximum atomic E-state index is 12.9. The summed E-state index contributed by atoms with van der Waals surface area (Å²) >= 11 is 0. The number of nitrogens with zero attached hydrogens (tertiary/aromatic N) is 1. The quantitative estimate of drug-likeness (QED) is 0.454. The smallest absolute Gasteiger partial charge is 0.234 e. The lowest BCUT2D eigenvalue weighted by Gasteiger charge is -2.08. The van der Waals surface area contributed by atoms with E-state index in [0.29, 0.717) is 19.4 Å². The molecule has 0 aromatic carbocycles. The van der Waals surface area contributed by atoms with E-state index in [-0.39, 0.29) is 5.92 Å². The van der Waals surface area contributed by atoms with Gasteiger partial charge in [-0.05, 0) is 25.2 Å². The fourth-order valence-electron chi connectivity index (χ4n) is 1.59. The average Bonchev–Trinajstić information content (AvgIpc) is 2.37. The summed E-state index contributed by atoms with van der Waals surface area (Å²) in [6, 6.07) is 0. The highest BCUT2D eigenvalue weighted by Crippen LogP contribution is 2.30. The molecule has 0 bridgehead atoms. The van der Waals surface area contributed by atoms with E-state index in [2.05, 4.69) is 4.99 Å². The van der Waals surface area contributed by atoms with E-state index in [9.17, 15) is 9.18 Å². The van der Waals surface area contributed by atoms with Crippen LogP contribution in [0.2, 0.25) is 0 Å². The number of carbonyl (C=O) groups excluding carboxylic acids is 1. The molecule has 1 aliphatic carbocycles. The third-order valence-electron chi connectivity index (χ3n) is 2.24. The lowest BCUT2D eigenvalue weighted by molar-refractivity contribution is 0.255. The Balaban J connectivity index is 2.20. The predicted octanol–water partition coefficient (Wildman–Crippen LogP) is 1.85. The van der Waals surface area contributed by atoms with Crippen LogP contribution in [0.1, 0.15) is 25.7 Å². The number of aliphatic imine (C=N–C) groups is 1. The minimum atomic E-state index is -0.656. The van der Waals surface area contributed by atoms with E-state index in [0.717, 1.165) is 12.8 Å². The molecule has 1 rings (SSSR count). The van der Waals surface area contributed by atoms with Crippen LogP contribution in [0.5, 0.6) is 0 Å². The highest BCUT2D eigenvalue weighted by atomic mass is 19.1. The Morgan fingerprint density at radius 3 is 2.91 bits per heavy atom. The van der Waals surface area contributed by atoms with Gasteiger partial charge >= 0.3 is 0 Å². The molecule has 0 radical (unpaired) electrons. The summed E-state index contributed by atoms with van der Waals surface area (Å²) in [6.07, 6.45) is 4.13. The van der Waals surface area contributed by atoms with Crippen LogP contribution < -0.4 is 0 Å². The summed E-state index contributed by atoms with van der Waals surface area (Å²) in [4.78, 5) is 13.1. The zero-order chi connectivity index (χ0) is 8.10. The first-order chi connectivity index (χ1) is 5.34. The van der Waals surface area contributed by atoms with Crippen LogP contribution in [0, 0.1) is 5.92 Å². The van der Waals surface area contributed by atoms with E-state index < -0.39 is 6.17 Å². The first-order valence-corrected chi connectivity index (χ1v) is 4.02. The van der Waals surface area contributed by atoms with Crippen molar-refractivity contribution in [3.8, 4) is 0 Å². The van der Waals surface area contributed by atoms with E-state index in [4.69, 9.17) is 0 Å². The van der Waals surface area contributed by atoms with Crippen LogP contribution in [0.3, 0.4) is 0 Å². The Morgan fingerprint density at radius 2 is 2.36 bits per heavy atom. The first kappa shape index (κ1) is 8.41. The van der Waals surface area contributed by atoms with E-state index in [1.165, 1.54) is 6.08 Å². The summed E-state index contributed by atoms with van der Waals surface area (Å²) in [5.41, 5.74) is 0. The number of hydrogen-bond donors (Lipinski definition) is 0. The van der Waals surface area contributed by atoms with E-state index in [1.54, 1.807) is 0 Å². The van der Waals surface area contributed by atoms with Crippen molar-refractivity contribution < 1.29 is 9.18 Å². The topological polar surface area (TPSA) is 29.4 Å². The summed E-state index contributed by atoms with van der Waals surface area (Å²) in [5.74, 6) is 0.145. The Labute approximate surface area is 65.5 Å². The highest BCUT2D eigenvalue weighted by Gasteiger charge is 2.25. The lowest BCUT2D eigenvalue weighted by Crippen LogP contribution is -2.08. The maximum Gasteiger partial charge on any atom is 0.234 e. The number of rotatable bonds is 3. The molecule has 0 N–H and O–H groups in total. The average molecular weight is 157 g/mol. The van der Waals surface area contributed by atoms with Gasteiger partial charge in [0.15, 0.2) is 0 Å². The van der Waals surface area contributed by atoms with Gasteiger partial charge in [0.05, 0.1) is 6.54 Å². The second kappa shape index (κ2) is 4.24. The van der Waals surface area contributed by atoms with Crippen LogP contribution in [-0.4, -0.2) is 18.8 Å². The molecule has 0 aromatic rings. The number of isocyanates is 1. The van der Waals surface area contributed by atoms with Crippen molar-refractivity contribution in [2.75, 3.05) is 6.54 Å². The van der Waals surface area contributed by atoms with Gasteiger partial charge in [-0.3, -0.25) is 0 Å².